The van der Waals surface area contributed by atoms with E-state index in [9.17, 15) is 13.6 Å². The summed E-state index contributed by atoms with van der Waals surface area (Å²) >= 11 is 4.37. The molecule has 0 bridgehead atoms. The van der Waals surface area contributed by atoms with Crippen LogP contribution in [0.2, 0.25) is 0 Å². The number of ketones is 1. The van der Waals surface area contributed by atoms with Crippen molar-refractivity contribution in [3.05, 3.63) is 56.2 Å². The van der Waals surface area contributed by atoms with E-state index in [1.807, 2.05) is 5.38 Å². The van der Waals surface area contributed by atoms with E-state index in [0.29, 0.717) is 0 Å². The number of carbonyl (C=O) groups is 1. The number of benzene rings is 1. The third-order valence-corrected chi connectivity index (χ3v) is 3.61. The van der Waals surface area contributed by atoms with Gasteiger partial charge in [0.2, 0.25) is 0 Å². The van der Waals surface area contributed by atoms with Crippen molar-refractivity contribution in [2.45, 2.75) is 6.42 Å². The normalized spacial score (nSPS) is 10.5. The van der Waals surface area contributed by atoms with E-state index in [1.54, 1.807) is 11.4 Å². The maximum absolute atomic E-state index is 13.6. The average molecular weight is 317 g/mol. The summed E-state index contributed by atoms with van der Waals surface area (Å²) in [5.41, 5.74) is 0.282. The highest BCUT2D eigenvalue weighted by atomic mass is 79.9. The first-order valence-corrected chi connectivity index (χ1v) is 6.51. The molecule has 1 aromatic heterocycles. The molecule has 0 aliphatic carbocycles. The minimum atomic E-state index is -0.842. The van der Waals surface area contributed by atoms with Gasteiger partial charge in [0.25, 0.3) is 0 Å². The van der Waals surface area contributed by atoms with Gasteiger partial charge in [-0.05, 0) is 50.5 Å². The zero-order valence-corrected chi connectivity index (χ0v) is 10.9. The van der Waals surface area contributed by atoms with E-state index >= 15 is 0 Å². The van der Waals surface area contributed by atoms with Gasteiger partial charge in [0, 0.05) is 6.42 Å². The Morgan fingerprint density at radius 2 is 2.06 bits per heavy atom. The molecule has 1 nitrogen and oxygen atoms in total. The Bertz CT molecular complexity index is 552. The van der Waals surface area contributed by atoms with Crippen LogP contribution in [0.3, 0.4) is 0 Å². The van der Waals surface area contributed by atoms with E-state index in [1.165, 1.54) is 17.4 Å². The van der Waals surface area contributed by atoms with Crippen molar-refractivity contribution in [2.24, 2.45) is 0 Å². The maximum atomic E-state index is 13.6. The van der Waals surface area contributed by atoms with Gasteiger partial charge in [0.15, 0.2) is 11.6 Å². The van der Waals surface area contributed by atoms with Gasteiger partial charge in [-0.2, -0.15) is 11.3 Å². The predicted molar refractivity (Wildman–Crippen MR) is 66.4 cm³/mol. The van der Waals surface area contributed by atoms with Gasteiger partial charge in [-0.25, -0.2) is 8.78 Å². The number of hydrogen-bond acceptors (Lipinski definition) is 2. The summed E-state index contributed by atoms with van der Waals surface area (Å²) in [6, 6.07) is 4.08. The standard InChI is InChI=1S/C12H7BrF2OS/c13-8-1-2-9(14)11(12(8)15)10(16)5-7-3-4-17-6-7/h1-4,6H,5H2. The van der Waals surface area contributed by atoms with Crippen LogP contribution in [0, 0.1) is 11.6 Å². The maximum Gasteiger partial charge on any atom is 0.173 e. The fraction of sp³-hybridized carbons (Fsp3) is 0.0833. The zero-order chi connectivity index (χ0) is 12.4. The van der Waals surface area contributed by atoms with E-state index in [2.05, 4.69) is 15.9 Å². The third kappa shape index (κ3) is 2.61. The molecule has 0 radical (unpaired) electrons. The molecule has 5 heteroatoms. The van der Waals surface area contributed by atoms with Crippen molar-refractivity contribution in [1.82, 2.24) is 0 Å². The molecule has 0 aliphatic rings. The molecule has 1 aromatic carbocycles. The summed E-state index contributed by atoms with van der Waals surface area (Å²) in [4.78, 5) is 11.8. The summed E-state index contributed by atoms with van der Waals surface area (Å²) in [6.07, 6.45) is 0.00773. The van der Waals surface area contributed by atoms with Crippen LogP contribution >= 0.6 is 27.3 Å². The molecule has 0 aliphatic heterocycles. The van der Waals surface area contributed by atoms with Crippen molar-refractivity contribution in [3.8, 4) is 0 Å². The molecule has 0 amide bonds. The Morgan fingerprint density at radius 1 is 1.29 bits per heavy atom. The molecule has 88 valence electrons. The van der Waals surface area contributed by atoms with E-state index in [0.717, 1.165) is 11.6 Å². The number of thiophene rings is 1. The van der Waals surface area contributed by atoms with Gasteiger partial charge in [-0.15, -0.1) is 0 Å². The van der Waals surface area contributed by atoms with Crippen LogP contribution in [0.4, 0.5) is 8.78 Å². The lowest BCUT2D eigenvalue weighted by molar-refractivity contribution is 0.0985. The summed E-state index contributed by atoms with van der Waals surface area (Å²) in [5, 5.41) is 3.60. The Balaban J connectivity index is 2.34. The molecule has 0 saturated carbocycles. The van der Waals surface area contributed by atoms with E-state index in [-0.39, 0.29) is 10.9 Å². The predicted octanol–water partition coefficient (Wildman–Crippen LogP) is 4.21. The summed E-state index contributed by atoms with van der Waals surface area (Å²) < 4.78 is 27.2. The minimum absolute atomic E-state index is 0.00773. The van der Waals surface area contributed by atoms with Gasteiger partial charge < -0.3 is 0 Å². The van der Waals surface area contributed by atoms with Crippen molar-refractivity contribution in [2.75, 3.05) is 0 Å². The van der Waals surface area contributed by atoms with Crippen LogP contribution in [0.1, 0.15) is 15.9 Å². The van der Waals surface area contributed by atoms with E-state index < -0.39 is 23.0 Å². The Morgan fingerprint density at radius 3 is 2.71 bits per heavy atom. The highest BCUT2D eigenvalue weighted by molar-refractivity contribution is 9.10. The first kappa shape index (κ1) is 12.4. The van der Waals surface area contributed by atoms with Crippen molar-refractivity contribution in [3.63, 3.8) is 0 Å². The highest BCUT2D eigenvalue weighted by Gasteiger charge is 2.19. The van der Waals surface area contributed by atoms with Crippen molar-refractivity contribution >= 4 is 33.0 Å². The lowest BCUT2D eigenvalue weighted by Crippen LogP contribution is -2.09. The number of hydrogen-bond donors (Lipinski definition) is 0. The molecule has 0 unspecified atom stereocenters. The second-order valence-corrected chi connectivity index (χ2v) is 5.08. The van der Waals surface area contributed by atoms with Gasteiger partial charge in [0.1, 0.15) is 5.82 Å². The van der Waals surface area contributed by atoms with Gasteiger partial charge in [-0.1, -0.05) is 0 Å². The third-order valence-electron chi connectivity index (χ3n) is 2.27. The second-order valence-electron chi connectivity index (χ2n) is 3.45. The monoisotopic (exact) mass is 316 g/mol. The van der Waals surface area contributed by atoms with Crippen LogP contribution < -0.4 is 0 Å². The summed E-state index contributed by atoms with van der Waals surface area (Å²) in [7, 11) is 0. The van der Waals surface area contributed by atoms with Crippen molar-refractivity contribution in [1.29, 1.82) is 0 Å². The van der Waals surface area contributed by atoms with Crippen LogP contribution in [0.5, 0.6) is 0 Å². The molecule has 1 heterocycles. The highest BCUT2D eigenvalue weighted by Crippen LogP contribution is 2.23. The summed E-state index contributed by atoms with van der Waals surface area (Å²) in [5.74, 6) is -2.23. The largest absolute Gasteiger partial charge is 0.294 e. The number of halogens is 3. The molecule has 0 N–H and O–H groups in total. The molecule has 0 fully saturated rings. The first-order valence-electron chi connectivity index (χ1n) is 4.77. The van der Waals surface area contributed by atoms with Gasteiger partial charge >= 0.3 is 0 Å². The quantitative estimate of drug-likeness (QED) is 0.612. The second kappa shape index (κ2) is 5.06. The molecular weight excluding hydrogens is 310 g/mol. The van der Waals surface area contributed by atoms with Crippen LogP contribution in [-0.4, -0.2) is 5.78 Å². The van der Waals surface area contributed by atoms with Gasteiger partial charge in [0.05, 0.1) is 10.0 Å². The smallest absolute Gasteiger partial charge is 0.173 e. The number of Topliss-reactive ketones (excluding diaryl/α,β-unsaturated/α-hetero) is 1. The van der Waals surface area contributed by atoms with Crippen LogP contribution in [0.15, 0.2) is 33.4 Å². The first-order chi connectivity index (χ1) is 8.09. The van der Waals surface area contributed by atoms with Crippen molar-refractivity contribution < 1.29 is 13.6 Å². The lowest BCUT2D eigenvalue weighted by Gasteiger charge is -2.04. The summed E-state index contributed by atoms with van der Waals surface area (Å²) in [6.45, 7) is 0. The number of carbonyl (C=O) groups excluding carboxylic acids is 1. The van der Waals surface area contributed by atoms with Crippen LogP contribution in [0.25, 0.3) is 0 Å². The average Bonchev–Trinajstić information content (AvgIpc) is 2.77. The lowest BCUT2D eigenvalue weighted by atomic mass is 10.0. The Labute approximate surface area is 109 Å². The molecule has 0 spiro atoms. The fourth-order valence-corrected chi connectivity index (χ4v) is 2.45. The molecule has 17 heavy (non-hydrogen) atoms. The fourth-order valence-electron chi connectivity index (χ4n) is 1.45. The van der Waals surface area contributed by atoms with Gasteiger partial charge in [-0.3, -0.25) is 4.79 Å². The minimum Gasteiger partial charge on any atom is -0.294 e. The Kier molecular flexibility index (Phi) is 3.69. The topological polar surface area (TPSA) is 17.1 Å². The molecular formula is C12H7BrF2OS. The molecule has 0 saturated heterocycles. The Hall–Kier alpha value is -1.07. The zero-order valence-electron chi connectivity index (χ0n) is 8.54. The number of rotatable bonds is 3. The molecule has 2 rings (SSSR count). The van der Waals surface area contributed by atoms with E-state index in [4.69, 9.17) is 0 Å². The SMILES string of the molecule is O=C(Cc1ccsc1)c1c(F)ccc(Br)c1F. The van der Waals surface area contributed by atoms with Crippen LogP contribution in [-0.2, 0) is 6.42 Å². The molecule has 0 atom stereocenters. The molecule has 2 aromatic rings.